The van der Waals surface area contributed by atoms with E-state index in [-0.39, 0.29) is 5.91 Å². The number of likely N-dealkylation sites (N-methyl/N-ethyl adjacent to an activating group) is 1. The van der Waals surface area contributed by atoms with Gasteiger partial charge in [-0.3, -0.25) is 4.79 Å². The molecule has 2 aromatic rings. The van der Waals surface area contributed by atoms with E-state index >= 15 is 0 Å². The van der Waals surface area contributed by atoms with Gasteiger partial charge in [-0.2, -0.15) is 0 Å². The molecule has 0 saturated carbocycles. The Morgan fingerprint density at radius 3 is 2.68 bits per heavy atom. The van der Waals surface area contributed by atoms with Gasteiger partial charge in [0.05, 0.1) is 5.60 Å². The third-order valence-electron chi connectivity index (χ3n) is 3.04. The van der Waals surface area contributed by atoms with Crippen LogP contribution in [0.3, 0.4) is 0 Å². The lowest BCUT2D eigenvalue weighted by molar-refractivity contribution is -0.133. The fourth-order valence-electron chi connectivity index (χ4n) is 2.21. The summed E-state index contributed by atoms with van der Waals surface area (Å²) in [7, 11) is 1.71. The van der Waals surface area contributed by atoms with E-state index in [4.69, 9.17) is 0 Å². The molecule has 1 aromatic heterocycles. The van der Waals surface area contributed by atoms with E-state index in [9.17, 15) is 9.90 Å². The van der Waals surface area contributed by atoms with Crippen LogP contribution in [-0.4, -0.2) is 39.7 Å². The minimum atomic E-state index is -0.872. The quantitative estimate of drug-likeness (QED) is 0.912. The smallest absolute Gasteiger partial charge is 0.242 e. The highest BCUT2D eigenvalue weighted by atomic mass is 16.3. The molecule has 0 atom stereocenters. The summed E-state index contributed by atoms with van der Waals surface area (Å²) in [6, 6.07) is 9.97. The van der Waals surface area contributed by atoms with Gasteiger partial charge in [0.15, 0.2) is 0 Å². The molecule has 0 unspecified atom stereocenters. The highest BCUT2D eigenvalue weighted by molar-refractivity contribution is 5.83. The number of para-hydroxylation sites is 1. The molecular formula is C15H20N2O2. The summed E-state index contributed by atoms with van der Waals surface area (Å²) in [6.07, 6.45) is 1.92. The Hall–Kier alpha value is -1.81. The molecule has 4 heteroatoms. The van der Waals surface area contributed by atoms with Crippen LogP contribution in [0.4, 0.5) is 0 Å². The summed E-state index contributed by atoms with van der Waals surface area (Å²) < 4.78 is 1.93. The van der Waals surface area contributed by atoms with Crippen LogP contribution in [0.2, 0.25) is 0 Å². The van der Waals surface area contributed by atoms with Crippen LogP contribution < -0.4 is 0 Å². The zero-order valence-corrected chi connectivity index (χ0v) is 11.6. The normalized spacial score (nSPS) is 11.8. The van der Waals surface area contributed by atoms with E-state index in [1.165, 1.54) is 0 Å². The first-order chi connectivity index (χ1) is 8.87. The topological polar surface area (TPSA) is 45.5 Å². The van der Waals surface area contributed by atoms with Gasteiger partial charge in [-0.05, 0) is 31.4 Å². The Morgan fingerprint density at radius 1 is 1.32 bits per heavy atom. The first-order valence-corrected chi connectivity index (χ1v) is 6.37. The number of aromatic nitrogens is 1. The molecule has 2 rings (SSSR count). The van der Waals surface area contributed by atoms with Crippen LogP contribution in [-0.2, 0) is 11.3 Å². The minimum absolute atomic E-state index is 0.0107. The molecule has 0 spiro atoms. The fraction of sp³-hybridized carbons (Fsp3) is 0.400. The van der Waals surface area contributed by atoms with E-state index in [0.29, 0.717) is 13.1 Å². The third kappa shape index (κ3) is 3.35. The monoisotopic (exact) mass is 260 g/mol. The molecule has 0 radical (unpaired) electrons. The zero-order valence-electron chi connectivity index (χ0n) is 11.6. The first kappa shape index (κ1) is 13.6. The largest absolute Gasteiger partial charge is 0.389 e. The van der Waals surface area contributed by atoms with Gasteiger partial charge in [-0.25, -0.2) is 0 Å². The summed E-state index contributed by atoms with van der Waals surface area (Å²) in [5, 5.41) is 10.9. The van der Waals surface area contributed by atoms with Crippen molar-refractivity contribution >= 4 is 16.8 Å². The lowest BCUT2D eigenvalue weighted by Gasteiger charge is -2.25. The Kier molecular flexibility index (Phi) is 3.62. The Morgan fingerprint density at radius 2 is 2.00 bits per heavy atom. The second-order valence-corrected chi connectivity index (χ2v) is 5.56. The molecule has 1 heterocycles. The van der Waals surface area contributed by atoms with Crippen molar-refractivity contribution < 1.29 is 9.90 Å². The second kappa shape index (κ2) is 5.05. The predicted octanol–water partition coefficient (Wildman–Crippen LogP) is 1.87. The average Bonchev–Trinajstić information content (AvgIpc) is 2.70. The summed E-state index contributed by atoms with van der Waals surface area (Å²) in [6.45, 7) is 4.01. The molecule has 4 nitrogen and oxygen atoms in total. The van der Waals surface area contributed by atoms with Crippen molar-refractivity contribution in [1.29, 1.82) is 0 Å². The molecule has 19 heavy (non-hydrogen) atoms. The van der Waals surface area contributed by atoms with Gasteiger partial charge < -0.3 is 14.6 Å². The average molecular weight is 260 g/mol. The lowest BCUT2D eigenvalue weighted by atomic mass is 10.1. The van der Waals surface area contributed by atoms with Crippen LogP contribution in [0, 0.1) is 0 Å². The van der Waals surface area contributed by atoms with Gasteiger partial charge in [0.2, 0.25) is 5.91 Å². The SMILES string of the molecule is CN(CC(C)(C)O)C(=O)Cn1ccc2ccccc21. The molecule has 102 valence electrons. The summed E-state index contributed by atoms with van der Waals surface area (Å²) in [5.41, 5.74) is 0.177. The third-order valence-corrected chi connectivity index (χ3v) is 3.04. The summed E-state index contributed by atoms with van der Waals surface area (Å²) in [4.78, 5) is 13.7. The van der Waals surface area contributed by atoms with Gasteiger partial charge in [-0.15, -0.1) is 0 Å². The summed E-state index contributed by atoms with van der Waals surface area (Å²) in [5.74, 6) is -0.0107. The van der Waals surface area contributed by atoms with Gasteiger partial charge >= 0.3 is 0 Å². The van der Waals surface area contributed by atoms with Crippen LogP contribution in [0.25, 0.3) is 10.9 Å². The van der Waals surface area contributed by atoms with E-state index in [0.717, 1.165) is 10.9 Å². The molecule has 1 aromatic carbocycles. The minimum Gasteiger partial charge on any atom is -0.389 e. The van der Waals surface area contributed by atoms with Crippen molar-refractivity contribution in [1.82, 2.24) is 9.47 Å². The number of nitrogens with zero attached hydrogens (tertiary/aromatic N) is 2. The van der Waals surface area contributed by atoms with E-state index < -0.39 is 5.60 Å². The lowest BCUT2D eigenvalue weighted by Crippen LogP contribution is -2.41. The maximum Gasteiger partial charge on any atom is 0.242 e. The highest BCUT2D eigenvalue weighted by Crippen LogP contribution is 2.15. The number of benzene rings is 1. The number of hydrogen-bond acceptors (Lipinski definition) is 2. The first-order valence-electron chi connectivity index (χ1n) is 6.37. The fourth-order valence-corrected chi connectivity index (χ4v) is 2.21. The van der Waals surface area contributed by atoms with Crippen molar-refractivity contribution in [3.63, 3.8) is 0 Å². The number of hydrogen-bond donors (Lipinski definition) is 1. The maximum atomic E-state index is 12.1. The number of carbonyl (C=O) groups excluding carboxylic acids is 1. The van der Waals surface area contributed by atoms with Crippen molar-refractivity contribution in [2.24, 2.45) is 0 Å². The van der Waals surface area contributed by atoms with Crippen molar-refractivity contribution in [2.45, 2.75) is 26.0 Å². The Bertz CT molecular complexity index is 581. The van der Waals surface area contributed by atoms with Crippen LogP contribution in [0.5, 0.6) is 0 Å². The molecular weight excluding hydrogens is 240 g/mol. The Balaban J connectivity index is 2.11. The molecule has 1 N–H and O–H groups in total. The molecule has 0 aliphatic rings. The highest BCUT2D eigenvalue weighted by Gasteiger charge is 2.19. The molecule has 0 aliphatic carbocycles. The van der Waals surface area contributed by atoms with Crippen molar-refractivity contribution in [3.8, 4) is 0 Å². The van der Waals surface area contributed by atoms with Crippen molar-refractivity contribution in [3.05, 3.63) is 36.5 Å². The van der Waals surface area contributed by atoms with E-state index in [1.54, 1.807) is 25.8 Å². The predicted molar refractivity (Wildman–Crippen MR) is 75.9 cm³/mol. The number of aliphatic hydroxyl groups is 1. The van der Waals surface area contributed by atoms with Gasteiger partial charge in [-0.1, -0.05) is 18.2 Å². The van der Waals surface area contributed by atoms with Crippen LogP contribution in [0.1, 0.15) is 13.8 Å². The molecule has 0 fully saturated rings. The number of carbonyl (C=O) groups is 1. The van der Waals surface area contributed by atoms with Crippen molar-refractivity contribution in [2.75, 3.05) is 13.6 Å². The summed E-state index contributed by atoms with van der Waals surface area (Å²) >= 11 is 0. The molecule has 0 aliphatic heterocycles. The zero-order chi connectivity index (χ0) is 14.0. The van der Waals surface area contributed by atoms with Crippen LogP contribution >= 0.6 is 0 Å². The van der Waals surface area contributed by atoms with Crippen LogP contribution in [0.15, 0.2) is 36.5 Å². The van der Waals surface area contributed by atoms with E-state index in [1.807, 2.05) is 41.1 Å². The molecule has 0 bridgehead atoms. The number of fused-ring (bicyclic) bond motifs is 1. The van der Waals surface area contributed by atoms with E-state index in [2.05, 4.69) is 0 Å². The van der Waals surface area contributed by atoms with Gasteiger partial charge in [0.25, 0.3) is 0 Å². The molecule has 1 amide bonds. The number of rotatable bonds is 4. The van der Waals surface area contributed by atoms with Gasteiger partial charge in [0.1, 0.15) is 6.54 Å². The molecule has 0 saturated heterocycles. The maximum absolute atomic E-state index is 12.1. The Labute approximate surface area is 113 Å². The second-order valence-electron chi connectivity index (χ2n) is 5.56. The van der Waals surface area contributed by atoms with Gasteiger partial charge in [0, 0.05) is 25.3 Å². The standard InChI is InChI=1S/C15H20N2O2/c1-15(2,19)11-16(3)14(18)10-17-9-8-12-6-4-5-7-13(12)17/h4-9,19H,10-11H2,1-3H3. The number of amides is 1.